The Labute approximate surface area is 140 Å². The first-order chi connectivity index (χ1) is 10.0. The average Bonchev–Trinajstić information content (AvgIpc) is 2.48. The van der Waals surface area contributed by atoms with Crippen LogP contribution in [-0.4, -0.2) is 17.1 Å². The zero-order valence-electron chi connectivity index (χ0n) is 11.0. The Morgan fingerprint density at radius 3 is 2.62 bits per heavy atom. The highest BCUT2D eigenvalue weighted by atomic mass is 79.9. The lowest BCUT2D eigenvalue weighted by Gasteiger charge is -2.12. The number of nitrogens with two attached hydrogens (primary N) is 1. The number of hydrogen-bond donors (Lipinski definition) is 3. The molecule has 0 spiro atoms. The second-order valence-corrected chi connectivity index (χ2v) is 5.59. The van der Waals surface area contributed by atoms with Crippen LogP contribution in [0.15, 0.2) is 22.7 Å². The van der Waals surface area contributed by atoms with Gasteiger partial charge in [-0.3, -0.25) is 0 Å². The van der Waals surface area contributed by atoms with Crippen molar-refractivity contribution < 1.29 is 4.74 Å². The molecule has 1 heterocycles. The van der Waals surface area contributed by atoms with E-state index in [2.05, 4.69) is 36.6 Å². The van der Waals surface area contributed by atoms with Crippen molar-refractivity contribution in [2.45, 2.75) is 6.61 Å². The Morgan fingerprint density at radius 1 is 1.24 bits per heavy atom. The fraction of sp³-hybridized carbons (Fsp3) is 0.167. The highest BCUT2D eigenvalue weighted by molar-refractivity contribution is 9.10. The number of nitrogens with zero attached hydrogens (tertiary/aromatic N) is 2. The number of halogens is 3. The van der Waals surface area contributed by atoms with E-state index in [0.29, 0.717) is 37.7 Å². The van der Waals surface area contributed by atoms with Crippen molar-refractivity contribution in [2.75, 3.05) is 17.9 Å². The molecule has 1 aromatic heterocycles. The second-order valence-electron chi connectivity index (χ2n) is 3.98. The number of aromatic nitrogens is 2. The third kappa shape index (κ3) is 3.96. The van der Waals surface area contributed by atoms with Gasteiger partial charge in [-0.25, -0.2) is 15.8 Å². The Morgan fingerprint density at radius 2 is 1.95 bits per heavy atom. The van der Waals surface area contributed by atoms with Crippen LogP contribution >= 0.6 is 39.1 Å². The molecule has 2 rings (SSSR count). The second kappa shape index (κ2) is 7.24. The van der Waals surface area contributed by atoms with Crippen LogP contribution in [0.4, 0.5) is 17.3 Å². The third-order valence-corrected chi connectivity index (χ3v) is 4.26. The first-order valence-corrected chi connectivity index (χ1v) is 7.34. The number of benzene rings is 1. The van der Waals surface area contributed by atoms with Gasteiger partial charge in [-0.2, -0.15) is 0 Å². The molecule has 112 valence electrons. The van der Waals surface area contributed by atoms with Crippen LogP contribution in [0.25, 0.3) is 0 Å². The van der Waals surface area contributed by atoms with Crippen molar-refractivity contribution in [2.24, 2.45) is 5.84 Å². The summed E-state index contributed by atoms with van der Waals surface area (Å²) in [6, 6.07) is 5.22. The standard InChI is InChI=1S/C12H12BrCl2N5O/c1-21-5-10-18-8(4-9(19-10)20-16)17-7-3-2-6(13)11(14)12(7)15/h2-4H,5,16H2,1H3,(H2,17,18,19,20). The molecule has 0 aliphatic carbocycles. The fourth-order valence-electron chi connectivity index (χ4n) is 1.59. The van der Waals surface area contributed by atoms with Crippen molar-refractivity contribution in [1.82, 2.24) is 9.97 Å². The van der Waals surface area contributed by atoms with Crippen molar-refractivity contribution in [3.63, 3.8) is 0 Å². The van der Waals surface area contributed by atoms with Gasteiger partial charge in [0.15, 0.2) is 5.82 Å². The number of hydrogen-bond acceptors (Lipinski definition) is 6. The maximum Gasteiger partial charge on any atom is 0.158 e. The molecular formula is C12H12BrCl2N5O. The first-order valence-electron chi connectivity index (χ1n) is 5.79. The zero-order valence-corrected chi connectivity index (χ0v) is 14.1. The predicted molar refractivity (Wildman–Crippen MR) is 88.0 cm³/mol. The molecule has 0 saturated heterocycles. The number of hydrazine groups is 1. The van der Waals surface area contributed by atoms with Crippen LogP contribution in [0.3, 0.4) is 0 Å². The Kier molecular flexibility index (Phi) is 5.60. The van der Waals surface area contributed by atoms with Gasteiger partial charge in [0.1, 0.15) is 18.2 Å². The molecule has 4 N–H and O–H groups in total. The summed E-state index contributed by atoms with van der Waals surface area (Å²) in [6.07, 6.45) is 0. The molecule has 0 bridgehead atoms. The molecule has 0 atom stereocenters. The summed E-state index contributed by atoms with van der Waals surface area (Å²) in [5, 5.41) is 3.88. The summed E-state index contributed by atoms with van der Waals surface area (Å²) in [5.74, 6) is 6.85. The van der Waals surface area contributed by atoms with Gasteiger partial charge in [0, 0.05) is 17.6 Å². The SMILES string of the molecule is COCc1nc(NN)cc(Nc2ccc(Br)c(Cl)c2Cl)n1. The Balaban J connectivity index is 2.34. The van der Waals surface area contributed by atoms with E-state index < -0.39 is 0 Å². The molecule has 0 unspecified atom stereocenters. The number of anilines is 3. The Hall–Kier alpha value is -1.12. The molecule has 0 fully saturated rings. The highest BCUT2D eigenvalue weighted by Crippen LogP contribution is 2.37. The lowest BCUT2D eigenvalue weighted by atomic mass is 10.3. The zero-order chi connectivity index (χ0) is 15.4. The van der Waals surface area contributed by atoms with Crippen LogP contribution < -0.4 is 16.6 Å². The van der Waals surface area contributed by atoms with E-state index in [1.54, 1.807) is 25.3 Å². The molecule has 21 heavy (non-hydrogen) atoms. The summed E-state index contributed by atoms with van der Waals surface area (Å²) in [4.78, 5) is 8.46. The van der Waals surface area contributed by atoms with E-state index in [1.165, 1.54) is 0 Å². The molecule has 0 radical (unpaired) electrons. The molecule has 9 heteroatoms. The number of methoxy groups -OCH3 is 1. The maximum absolute atomic E-state index is 6.19. The van der Waals surface area contributed by atoms with Crippen molar-refractivity contribution in [3.05, 3.63) is 38.5 Å². The average molecular weight is 393 g/mol. The summed E-state index contributed by atoms with van der Waals surface area (Å²) in [7, 11) is 1.56. The van der Waals surface area contributed by atoms with Crippen LogP contribution in [0, 0.1) is 0 Å². The summed E-state index contributed by atoms with van der Waals surface area (Å²) < 4.78 is 5.73. The van der Waals surface area contributed by atoms with Crippen molar-refractivity contribution in [1.29, 1.82) is 0 Å². The number of ether oxygens (including phenoxy) is 1. The summed E-state index contributed by atoms with van der Waals surface area (Å²) >= 11 is 15.6. The topological polar surface area (TPSA) is 85.1 Å². The number of rotatable bonds is 5. The molecule has 0 saturated carbocycles. The van der Waals surface area contributed by atoms with E-state index in [9.17, 15) is 0 Å². The molecular weight excluding hydrogens is 381 g/mol. The highest BCUT2D eigenvalue weighted by Gasteiger charge is 2.10. The largest absolute Gasteiger partial charge is 0.377 e. The van der Waals surface area contributed by atoms with Gasteiger partial charge in [0.05, 0.1) is 15.7 Å². The van der Waals surface area contributed by atoms with Crippen molar-refractivity contribution in [3.8, 4) is 0 Å². The van der Waals surface area contributed by atoms with E-state index in [0.717, 1.165) is 0 Å². The molecule has 6 nitrogen and oxygen atoms in total. The normalized spacial score (nSPS) is 10.5. The van der Waals surface area contributed by atoms with E-state index in [-0.39, 0.29) is 6.61 Å². The van der Waals surface area contributed by atoms with Crippen molar-refractivity contribution >= 4 is 56.5 Å². The van der Waals surface area contributed by atoms with Gasteiger partial charge >= 0.3 is 0 Å². The monoisotopic (exact) mass is 391 g/mol. The predicted octanol–water partition coefficient (Wildman–Crippen LogP) is 3.72. The van der Waals surface area contributed by atoms with Gasteiger partial charge in [0.2, 0.25) is 0 Å². The van der Waals surface area contributed by atoms with E-state index in [4.69, 9.17) is 33.8 Å². The minimum Gasteiger partial charge on any atom is -0.377 e. The lowest BCUT2D eigenvalue weighted by molar-refractivity contribution is 0.178. The number of nitrogen functional groups attached to an aromatic ring is 1. The summed E-state index contributed by atoms with van der Waals surface area (Å²) in [6.45, 7) is 0.263. The van der Waals surface area contributed by atoms with Crippen LogP contribution in [0.5, 0.6) is 0 Å². The Bertz CT molecular complexity index is 656. The quantitative estimate of drug-likeness (QED) is 0.408. The maximum atomic E-state index is 6.19. The molecule has 0 aliphatic rings. The van der Waals surface area contributed by atoms with Gasteiger partial charge in [-0.05, 0) is 28.1 Å². The van der Waals surface area contributed by atoms with Crippen LogP contribution in [0.2, 0.25) is 10.0 Å². The number of nitrogens with one attached hydrogen (secondary N) is 2. The van der Waals surface area contributed by atoms with E-state index >= 15 is 0 Å². The fourth-order valence-corrected chi connectivity index (χ4v) is 2.41. The van der Waals surface area contributed by atoms with Gasteiger partial charge in [-0.15, -0.1) is 0 Å². The first kappa shape index (κ1) is 16.3. The van der Waals surface area contributed by atoms with E-state index in [1.807, 2.05) is 0 Å². The van der Waals surface area contributed by atoms with Crippen LogP contribution in [0.1, 0.15) is 5.82 Å². The molecule has 1 aromatic carbocycles. The third-order valence-electron chi connectivity index (χ3n) is 2.49. The minimum atomic E-state index is 0.263. The smallest absolute Gasteiger partial charge is 0.158 e. The van der Waals surface area contributed by atoms with Gasteiger partial charge < -0.3 is 15.5 Å². The van der Waals surface area contributed by atoms with Gasteiger partial charge in [-0.1, -0.05) is 23.2 Å². The lowest BCUT2D eigenvalue weighted by Crippen LogP contribution is -2.12. The molecule has 0 aliphatic heterocycles. The molecule has 0 amide bonds. The summed E-state index contributed by atoms with van der Waals surface area (Å²) in [5.41, 5.74) is 3.09. The minimum absolute atomic E-state index is 0.263. The van der Waals surface area contributed by atoms with Gasteiger partial charge in [0.25, 0.3) is 0 Å². The molecule has 2 aromatic rings. The van der Waals surface area contributed by atoms with Crippen LogP contribution in [-0.2, 0) is 11.3 Å².